The van der Waals surface area contributed by atoms with Crippen LogP contribution in [0.1, 0.15) is 50.5 Å². The van der Waals surface area contributed by atoms with Crippen LogP contribution in [0.2, 0.25) is 0 Å². The van der Waals surface area contributed by atoms with Crippen LogP contribution in [-0.2, 0) is 0 Å². The van der Waals surface area contributed by atoms with E-state index in [2.05, 4.69) is 24.5 Å². The van der Waals surface area contributed by atoms with Gasteiger partial charge in [0.1, 0.15) is 5.75 Å². The molecule has 0 spiro atoms. The van der Waals surface area contributed by atoms with E-state index in [-0.39, 0.29) is 0 Å². The van der Waals surface area contributed by atoms with E-state index in [1.54, 1.807) is 11.8 Å². The minimum atomic E-state index is 0.746. The van der Waals surface area contributed by atoms with Crippen LogP contribution >= 0.6 is 11.8 Å². The van der Waals surface area contributed by atoms with Gasteiger partial charge in [0.25, 0.3) is 0 Å². The van der Waals surface area contributed by atoms with Crippen LogP contribution in [0.3, 0.4) is 0 Å². The zero-order valence-corrected chi connectivity index (χ0v) is 11.7. The highest BCUT2D eigenvalue weighted by atomic mass is 32.2. The molecule has 0 heterocycles. The molecule has 1 nitrogen and oxygen atoms in total. The molecule has 1 aromatic rings. The maximum Gasteiger partial charge on any atom is 0.132 e. The van der Waals surface area contributed by atoms with Gasteiger partial charge in [-0.3, -0.25) is 0 Å². The Hall–Kier alpha value is -0.630. The fourth-order valence-electron chi connectivity index (χ4n) is 2.65. The lowest BCUT2D eigenvalue weighted by Crippen LogP contribution is -2.05. The highest BCUT2D eigenvalue weighted by molar-refractivity contribution is 7.98. The molecule has 0 aliphatic heterocycles. The Kier molecular flexibility index (Phi) is 4.78. The molecule has 17 heavy (non-hydrogen) atoms. The number of benzene rings is 1. The average molecular weight is 250 g/mol. The first-order valence-electron chi connectivity index (χ1n) is 6.66. The Morgan fingerprint density at radius 1 is 1.24 bits per heavy atom. The summed E-state index contributed by atoms with van der Waals surface area (Å²) in [5.41, 5.74) is 1.51. The summed E-state index contributed by atoms with van der Waals surface area (Å²) in [6.07, 6.45) is 9.06. The van der Waals surface area contributed by atoms with Crippen LogP contribution in [0.25, 0.3) is 0 Å². The van der Waals surface area contributed by atoms with E-state index in [0.29, 0.717) is 0 Å². The molecule has 1 aliphatic carbocycles. The summed E-state index contributed by atoms with van der Waals surface area (Å²) in [6.45, 7) is 2.79. The maximum absolute atomic E-state index is 5.65. The second-order valence-electron chi connectivity index (χ2n) is 4.68. The van der Waals surface area contributed by atoms with Crippen molar-refractivity contribution in [1.82, 2.24) is 0 Å². The molecular formula is C15H22OS. The molecule has 2 heteroatoms. The Morgan fingerprint density at radius 2 is 2.00 bits per heavy atom. The van der Waals surface area contributed by atoms with Crippen molar-refractivity contribution in [2.45, 2.75) is 49.8 Å². The normalized spacial score (nSPS) is 17.1. The SMILES string of the molecule is CCOc1ccc(C2CCCCC2)cc1SC. The molecule has 1 aromatic carbocycles. The topological polar surface area (TPSA) is 9.23 Å². The fraction of sp³-hybridized carbons (Fsp3) is 0.600. The minimum Gasteiger partial charge on any atom is -0.493 e. The highest BCUT2D eigenvalue weighted by Gasteiger charge is 2.16. The summed E-state index contributed by atoms with van der Waals surface area (Å²) in [6, 6.07) is 6.76. The van der Waals surface area contributed by atoms with Crippen LogP contribution in [-0.4, -0.2) is 12.9 Å². The Labute approximate surface area is 109 Å². The summed E-state index contributed by atoms with van der Waals surface area (Å²) in [7, 11) is 0. The minimum absolute atomic E-state index is 0.746. The molecule has 0 atom stereocenters. The fourth-order valence-corrected chi connectivity index (χ4v) is 3.23. The first kappa shape index (κ1) is 12.8. The van der Waals surface area contributed by atoms with Crippen LogP contribution in [0.5, 0.6) is 5.75 Å². The molecule has 0 unspecified atom stereocenters. The molecular weight excluding hydrogens is 228 g/mol. The molecule has 1 aliphatic rings. The second kappa shape index (κ2) is 6.34. The van der Waals surface area contributed by atoms with Gasteiger partial charge in [-0.25, -0.2) is 0 Å². The number of hydrogen-bond acceptors (Lipinski definition) is 2. The van der Waals surface area contributed by atoms with E-state index in [1.807, 2.05) is 6.92 Å². The number of ether oxygens (including phenoxy) is 1. The lowest BCUT2D eigenvalue weighted by atomic mass is 9.84. The third-order valence-corrected chi connectivity index (χ3v) is 4.32. The summed E-state index contributed by atoms with van der Waals surface area (Å²) < 4.78 is 5.65. The first-order chi connectivity index (χ1) is 8.35. The van der Waals surface area contributed by atoms with Crippen LogP contribution in [0.15, 0.2) is 23.1 Å². The Bertz CT molecular complexity index is 356. The molecule has 2 rings (SSSR count). The van der Waals surface area contributed by atoms with Crippen molar-refractivity contribution < 1.29 is 4.74 Å². The zero-order chi connectivity index (χ0) is 12.1. The van der Waals surface area contributed by atoms with Gasteiger partial charge in [-0.15, -0.1) is 11.8 Å². The van der Waals surface area contributed by atoms with Gasteiger partial charge in [0, 0.05) is 4.90 Å². The lowest BCUT2D eigenvalue weighted by molar-refractivity contribution is 0.332. The van der Waals surface area contributed by atoms with Crippen LogP contribution in [0, 0.1) is 0 Å². The Morgan fingerprint density at radius 3 is 2.65 bits per heavy atom. The van der Waals surface area contributed by atoms with Crippen molar-refractivity contribution in [1.29, 1.82) is 0 Å². The van der Waals surface area contributed by atoms with Gasteiger partial charge in [-0.05, 0) is 49.6 Å². The molecule has 1 saturated carbocycles. The van der Waals surface area contributed by atoms with Crippen molar-refractivity contribution in [2.75, 3.05) is 12.9 Å². The van der Waals surface area contributed by atoms with Gasteiger partial charge in [0.15, 0.2) is 0 Å². The summed E-state index contributed by atoms with van der Waals surface area (Å²) in [4.78, 5) is 1.29. The van der Waals surface area contributed by atoms with Crippen molar-refractivity contribution >= 4 is 11.8 Å². The van der Waals surface area contributed by atoms with Crippen LogP contribution < -0.4 is 4.74 Å². The quantitative estimate of drug-likeness (QED) is 0.706. The third kappa shape index (κ3) is 3.19. The van der Waals surface area contributed by atoms with Crippen molar-refractivity contribution in [3.05, 3.63) is 23.8 Å². The van der Waals surface area contributed by atoms with Gasteiger partial charge in [0.05, 0.1) is 6.61 Å². The molecule has 0 saturated heterocycles. The summed E-state index contributed by atoms with van der Waals surface area (Å²) in [5, 5.41) is 0. The standard InChI is InChI=1S/C15H22OS/c1-3-16-14-10-9-13(11-15(14)17-2)12-7-5-4-6-8-12/h9-12H,3-8H2,1-2H3. The van der Waals surface area contributed by atoms with E-state index < -0.39 is 0 Å². The van der Waals surface area contributed by atoms with E-state index in [1.165, 1.54) is 42.6 Å². The molecule has 0 radical (unpaired) electrons. The predicted molar refractivity (Wildman–Crippen MR) is 75.2 cm³/mol. The summed E-state index contributed by atoms with van der Waals surface area (Å²) >= 11 is 1.79. The van der Waals surface area contributed by atoms with Gasteiger partial charge >= 0.3 is 0 Å². The van der Waals surface area contributed by atoms with E-state index >= 15 is 0 Å². The molecule has 0 amide bonds. The van der Waals surface area contributed by atoms with Gasteiger partial charge < -0.3 is 4.74 Å². The van der Waals surface area contributed by atoms with Gasteiger partial charge in [-0.1, -0.05) is 25.3 Å². The number of hydrogen-bond donors (Lipinski definition) is 0. The number of thioether (sulfide) groups is 1. The largest absolute Gasteiger partial charge is 0.493 e. The van der Waals surface area contributed by atoms with Crippen molar-refractivity contribution in [3.8, 4) is 5.75 Å². The molecule has 0 N–H and O–H groups in total. The smallest absolute Gasteiger partial charge is 0.132 e. The second-order valence-corrected chi connectivity index (χ2v) is 5.53. The highest BCUT2D eigenvalue weighted by Crippen LogP contribution is 2.37. The maximum atomic E-state index is 5.65. The van der Waals surface area contributed by atoms with Crippen molar-refractivity contribution in [2.24, 2.45) is 0 Å². The zero-order valence-electron chi connectivity index (χ0n) is 10.9. The average Bonchev–Trinajstić information content (AvgIpc) is 2.40. The third-order valence-electron chi connectivity index (χ3n) is 3.56. The molecule has 0 aromatic heterocycles. The van der Waals surface area contributed by atoms with Crippen molar-refractivity contribution in [3.63, 3.8) is 0 Å². The molecule has 94 valence electrons. The first-order valence-corrected chi connectivity index (χ1v) is 7.88. The Balaban J connectivity index is 2.17. The van der Waals surface area contributed by atoms with Crippen LogP contribution in [0.4, 0.5) is 0 Å². The van der Waals surface area contributed by atoms with Gasteiger partial charge in [0.2, 0.25) is 0 Å². The van der Waals surface area contributed by atoms with Gasteiger partial charge in [-0.2, -0.15) is 0 Å². The summed E-state index contributed by atoms with van der Waals surface area (Å²) in [5.74, 6) is 1.82. The van der Waals surface area contributed by atoms with E-state index in [4.69, 9.17) is 4.74 Å². The lowest BCUT2D eigenvalue weighted by Gasteiger charge is -2.23. The number of rotatable bonds is 4. The monoisotopic (exact) mass is 250 g/mol. The van der Waals surface area contributed by atoms with E-state index in [9.17, 15) is 0 Å². The predicted octanol–water partition coefficient (Wildman–Crippen LogP) is 4.85. The molecule has 0 bridgehead atoms. The molecule has 1 fully saturated rings. The van der Waals surface area contributed by atoms with E-state index in [0.717, 1.165) is 18.3 Å².